The van der Waals surface area contributed by atoms with E-state index < -0.39 is 19.7 Å². The molecule has 0 aromatic heterocycles. The smallest absolute Gasteiger partial charge is 0.410 e. The Morgan fingerprint density at radius 1 is 1.03 bits per heavy atom. The first kappa shape index (κ1) is 26.4. The quantitative estimate of drug-likeness (QED) is 0.418. The SMILES string of the molecule is C[C@@H]1C[C@H]2C[C@@H]3OC(C)(C)O[C@@]34CCCN(C(=O)OC(C)(C)C)CCC[C@]24[C@@H](O[Si](C)(C)C)C1. The van der Waals surface area contributed by atoms with Gasteiger partial charge >= 0.3 is 6.09 Å². The van der Waals surface area contributed by atoms with Crippen molar-refractivity contribution in [1.29, 1.82) is 0 Å². The minimum absolute atomic E-state index is 0.0673. The van der Waals surface area contributed by atoms with Crippen LogP contribution in [0, 0.1) is 17.3 Å². The summed E-state index contributed by atoms with van der Waals surface area (Å²) >= 11 is 0. The van der Waals surface area contributed by atoms with Crippen LogP contribution in [0.2, 0.25) is 19.6 Å². The van der Waals surface area contributed by atoms with E-state index in [4.69, 9.17) is 18.6 Å². The molecule has 4 fully saturated rings. The second kappa shape index (κ2) is 8.74. The Labute approximate surface area is 208 Å². The van der Waals surface area contributed by atoms with Crippen LogP contribution in [-0.4, -0.2) is 61.6 Å². The maximum atomic E-state index is 13.0. The van der Waals surface area contributed by atoms with Crippen molar-refractivity contribution in [2.24, 2.45) is 17.3 Å². The molecule has 2 aliphatic carbocycles. The molecule has 0 radical (unpaired) electrons. The van der Waals surface area contributed by atoms with Crippen molar-refractivity contribution < 1.29 is 23.4 Å². The van der Waals surface area contributed by atoms with Crippen LogP contribution >= 0.6 is 0 Å². The maximum Gasteiger partial charge on any atom is 0.410 e. The molecule has 2 heterocycles. The Hall–Kier alpha value is -0.633. The van der Waals surface area contributed by atoms with Crippen molar-refractivity contribution in [3.8, 4) is 0 Å². The zero-order valence-electron chi connectivity index (χ0n) is 23.2. The molecule has 2 saturated carbocycles. The summed E-state index contributed by atoms with van der Waals surface area (Å²) in [5, 5.41) is 0. The van der Waals surface area contributed by atoms with Gasteiger partial charge < -0.3 is 23.5 Å². The Morgan fingerprint density at radius 2 is 1.68 bits per heavy atom. The number of rotatable bonds is 2. The molecule has 6 nitrogen and oxygen atoms in total. The lowest BCUT2D eigenvalue weighted by Gasteiger charge is -2.57. The van der Waals surface area contributed by atoms with Gasteiger partial charge in [0, 0.05) is 18.5 Å². The fraction of sp³-hybridized carbons (Fsp3) is 0.963. The minimum atomic E-state index is -1.78. The van der Waals surface area contributed by atoms with Gasteiger partial charge in [-0.15, -0.1) is 0 Å². The molecule has 6 atom stereocenters. The van der Waals surface area contributed by atoms with E-state index in [0.29, 0.717) is 18.4 Å². The normalized spacial score (nSPS) is 40.4. The van der Waals surface area contributed by atoms with Gasteiger partial charge in [-0.2, -0.15) is 0 Å². The lowest BCUT2D eigenvalue weighted by molar-refractivity contribution is -0.233. The highest BCUT2D eigenvalue weighted by atomic mass is 28.4. The summed E-state index contributed by atoms with van der Waals surface area (Å²) in [6, 6.07) is 0. The molecule has 4 aliphatic rings. The molecule has 1 amide bonds. The lowest BCUT2D eigenvalue weighted by Crippen LogP contribution is -2.62. The summed E-state index contributed by atoms with van der Waals surface area (Å²) in [5.41, 5.74) is -0.903. The summed E-state index contributed by atoms with van der Waals surface area (Å²) in [7, 11) is -1.78. The third kappa shape index (κ3) is 4.83. The van der Waals surface area contributed by atoms with Crippen molar-refractivity contribution in [3.63, 3.8) is 0 Å². The van der Waals surface area contributed by atoms with Crippen LogP contribution in [0.3, 0.4) is 0 Å². The van der Waals surface area contributed by atoms with Crippen molar-refractivity contribution in [2.75, 3.05) is 13.1 Å². The molecule has 0 aromatic carbocycles. The zero-order chi connectivity index (χ0) is 25.2. The van der Waals surface area contributed by atoms with Gasteiger partial charge in [0.2, 0.25) is 0 Å². The molecule has 196 valence electrons. The Bertz CT molecular complexity index is 774. The first-order valence-corrected chi connectivity index (χ1v) is 17.0. The van der Waals surface area contributed by atoms with Gasteiger partial charge in [0.1, 0.15) is 11.2 Å². The lowest BCUT2D eigenvalue weighted by atomic mass is 9.55. The molecule has 0 unspecified atom stereocenters. The number of amides is 1. The summed E-state index contributed by atoms with van der Waals surface area (Å²) in [6.07, 6.45) is 7.19. The van der Waals surface area contributed by atoms with Gasteiger partial charge in [0.15, 0.2) is 14.1 Å². The van der Waals surface area contributed by atoms with Crippen molar-refractivity contribution in [3.05, 3.63) is 0 Å². The summed E-state index contributed by atoms with van der Waals surface area (Å²) < 4.78 is 26.5. The van der Waals surface area contributed by atoms with E-state index in [0.717, 1.165) is 45.1 Å². The summed E-state index contributed by atoms with van der Waals surface area (Å²) in [4.78, 5) is 14.9. The van der Waals surface area contributed by atoms with E-state index in [-0.39, 0.29) is 29.3 Å². The van der Waals surface area contributed by atoms with Gasteiger partial charge in [-0.05, 0) is 111 Å². The Kier molecular flexibility index (Phi) is 6.79. The Balaban J connectivity index is 1.71. The molecule has 0 N–H and O–H groups in total. The van der Waals surface area contributed by atoms with Gasteiger partial charge in [-0.1, -0.05) is 6.92 Å². The van der Waals surface area contributed by atoms with Crippen LogP contribution in [0.1, 0.15) is 86.5 Å². The number of hydrogen-bond acceptors (Lipinski definition) is 5. The van der Waals surface area contributed by atoms with Crippen LogP contribution in [0.25, 0.3) is 0 Å². The standard InChI is InChI=1S/C27H49NO5Si/c1-19-16-20-18-22-27(33-25(5,6)30-22)13-11-15-28(23(29)31-24(2,3)4)14-10-12-26(20,27)21(17-19)32-34(7,8)9/h19-22H,10-18H2,1-9H3/t19-,20+,21+,22+,26-,27+/m1/s1. The van der Waals surface area contributed by atoms with E-state index >= 15 is 0 Å². The number of carbonyl (C=O) groups is 1. The third-order valence-electron chi connectivity index (χ3n) is 8.41. The predicted molar refractivity (Wildman–Crippen MR) is 136 cm³/mol. The predicted octanol–water partition coefficient (Wildman–Crippen LogP) is 6.34. The van der Waals surface area contributed by atoms with E-state index in [2.05, 4.69) is 40.4 Å². The van der Waals surface area contributed by atoms with Gasteiger partial charge in [-0.25, -0.2) is 4.79 Å². The first-order valence-electron chi connectivity index (χ1n) is 13.6. The average Bonchev–Trinajstić information content (AvgIpc) is 3.05. The number of nitrogens with zero attached hydrogens (tertiary/aromatic N) is 1. The highest BCUT2D eigenvalue weighted by Gasteiger charge is 2.74. The van der Waals surface area contributed by atoms with Crippen molar-refractivity contribution >= 4 is 14.4 Å². The van der Waals surface area contributed by atoms with Crippen LogP contribution in [0.5, 0.6) is 0 Å². The maximum absolute atomic E-state index is 13.0. The third-order valence-corrected chi connectivity index (χ3v) is 9.40. The number of carbonyl (C=O) groups excluding carboxylic acids is 1. The highest BCUT2D eigenvalue weighted by Crippen LogP contribution is 2.68. The molecule has 0 aromatic rings. The van der Waals surface area contributed by atoms with Crippen LogP contribution in [-0.2, 0) is 18.6 Å². The molecule has 0 bridgehead atoms. The molecular weight excluding hydrogens is 446 g/mol. The van der Waals surface area contributed by atoms with Crippen LogP contribution < -0.4 is 0 Å². The average molecular weight is 496 g/mol. The molecule has 2 aliphatic heterocycles. The molecule has 34 heavy (non-hydrogen) atoms. The summed E-state index contributed by atoms with van der Waals surface area (Å²) in [5.74, 6) is 0.590. The first-order chi connectivity index (χ1) is 15.6. The van der Waals surface area contributed by atoms with Gasteiger partial charge in [0.05, 0.1) is 12.2 Å². The van der Waals surface area contributed by atoms with Crippen LogP contribution in [0.15, 0.2) is 0 Å². The van der Waals surface area contributed by atoms with E-state index in [1.807, 2.05) is 25.7 Å². The highest BCUT2D eigenvalue weighted by molar-refractivity contribution is 6.69. The van der Waals surface area contributed by atoms with Gasteiger partial charge in [-0.3, -0.25) is 0 Å². The van der Waals surface area contributed by atoms with Crippen molar-refractivity contribution in [2.45, 2.75) is 135 Å². The largest absolute Gasteiger partial charge is 0.444 e. The molecule has 2 saturated heterocycles. The fourth-order valence-electron chi connectivity index (χ4n) is 7.73. The number of hydrogen-bond donors (Lipinski definition) is 0. The van der Waals surface area contributed by atoms with Crippen LogP contribution in [0.4, 0.5) is 4.79 Å². The van der Waals surface area contributed by atoms with E-state index in [1.54, 1.807) is 0 Å². The summed E-state index contributed by atoms with van der Waals surface area (Å²) in [6.45, 7) is 20.7. The van der Waals surface area contributed by atoms with Crippen molar-refractivity contribution in [1.82, 2.24) is 4.90 Å². The molecule has 7 heteroatoms. The van der Waals surface area contributed by atoms with E-state index in [1.165, 1.54) is 6.42 Å². The Morgan fingerprint density at radius 3 is 2.29 bits per heavy atom. The second-order valence-corrected chi connectivity index (χ2v) is 18.4. The fourth-order valence-corrected chi connectivity index (χ4v) is 8.89. The second-order valence-electron chi connectivity index (χ2n) is 13.9. The molecule has 2 spiro atoms. The van der Waals surface area contributed by atoms with Gasteiger partial charge in [0.25, 0.3) is 0 Å². The topological polar surface area (TPSA) is 57.2 Å². The number of ether oxygens (including phenoxy) is 3. The van der Waals surface area contributed by atoms with E-state index in [9.17, 15) is 4.79 Å². The molecule has 4 rings (SSSR count). The molecular formula is C27H49NO5Si. The monoisotopic (exact) mass is 495 g/mol. The zero-order valence-corrected chi connectivity index (χ0v) is 24.2. The minimum Gasteiger partial charge on any atom is -0.444 e.